The summed E-state index contributed by atoms with van der Waals surface area (Å²) < 4.78 is 5.26. The molecule has 2 atom stereocenters. The molecule has 6 heteroatoms. The van der Waals surface area contributed by atoms with Crippen LogP contribution in [-0.2, 0) is 14.3 Å². The van der Waals surface area contributed by atoms with Gasteiger partial charge in [-0.15, -0.1) is 0 Å². The zero-order valence-corrected chi connectivity index (χ0v) is 14.2. The third-order valence-corrected chi connectivity index (χ3v) is 2.81. The van der Waals surface area contributed by atoms with E-state index >= 15 is 0 Å². The lowest BCUT2D eigenvalue weighted by atomic mass is 10.0. The largest absolute Gasteiger partial charge is 0.458 e. The minimum Gasteiger partial charge on any atom is -0.458 e. The van der Waals surface area contributed by atoms with Gasteiger partial charge in [0.1, 0.15) is 5.60 Å². The summed E-state index contributed by atoms with van der Waals surface area (Å²) in [6.45, 7) is 12.5. The molecule has 0 aromatic rings. The Morgan fingerprint density at radius 3 is 2.00 bits per heavy atom. The standard InChI is InChI=1S/C15H30N2O4/c1-9(2)8-11(16)13(18)17(20)12(10(3)4)14(19)21-15(5,6)7/h9-12,20H,8,16H2,1-7H3/t11-,12?/m0/s1. The first-order valence-electron chi connectivity index (χ1n) is 7.37. The molecule has 0 aromatic carbocycles. The second-order valence-corrected chi connectivity index (χ2v) is 7.14. The number of ether oxygens (including phenoxy) is 1. The molecule has 6 nitrogen and oxygen atoms in total. The van der Waals surface area contributed by atoms with E-state index in [0.29, 0.717) is 11.5 Å². The number of rotatable bonds is 6. The number of amides is 1. The van der Waals surface area contributed by atoms with Crippen LogP contribution < -0.4 is 5.73 Å². The fraction of sp³-hybridized carbons (Fsp3) is 0.867. The maximum absolute atomic E-state index is 12.2. The highest BCUT2D eigenvalue weighted by atomic mass is 16.6. The van der Waals surface area contributed by atoms with Crippen molar-refractivity contribution in [2.75, 3.05) is 0 Å². The van der Waals surface area contributed by atoms with Crippen LogP contribution in [0.4, 0.5) is 0 Å². The topological polar surface area (TPSA) is 92.9 Å². The average molecular weight is 302 g/mol. The van der Waals surface area contributed by atoms with Crippen LogP contribution in [-0.4, -0.2) is 39.8 Å². The maximum Gasteiger partial charge on any atom is 0.332 e. The summed E-state index contributed by atoms with van der Waals surface area (Å²) in [6, 6.07) is -1.89. The summed E-state index contributed by atoms with van der Waals surface area (Å²) in [4.78, 5) is 24.3. The molecule has 0 spiro atoms. The summed E-state index contributed by atoms with van der Waals surface area (Å²) in [5.41, 5.74) is 5.09. The van der Waals surface area contributed by atoms with Crippen molar-refractivity contribution in [1.82, 2.24) is 5.06 Å². The molecule has 124 valence electrons. The van der Waals surface area contributed by atoms with Crippen molar-refractivity contribution in [3.63, 3.8) is 0 Å². The van der Waals surface area contributed by atoms with Gasteiger partial charge >= 0.3 is 5.97 Å². The first-order valence-corrected chi connectivity index (χ1v) is 7.37. The van der Waals surface area contributed by atoms with E-state index in [-0.39, 0.29) is 11.8 Å². The maximum atomic E-state index is 12.2. The number of carbonyl (C=O) groups excluding carboxylic acids is 2. The zero-order chi connectivity index (χ0) is 17.0. The van der Waals surface area contributed by atoms with Crippen molar-refractivity contribution < 1.29 is 19.5 Å². The van der Waals surface area contributed by atoms with Gasteiger partial charge in [-0.25, -0.2) is 9.86 Å². The summed E-state index contributed by atoms with van der Waals surface area (Å²) in [7, 11) is 0. The van der Waals surface area contributed by atoms with Crippen LogP contribution in [0.15, 0.2) is 0 Å². The number of nitrogens with two attached hydrogens (primary N) is 1. The molecule has 0 aliphatic carbocycles. The molecule has 0 fully saturated rings. The van der Waals surface area contributed by atoms with E-state index in [9.17, 15) is 14.8 Å². The summed E-state index contributed by atoms with van der Waals surface area (Å²) >= 11 is 0. The number of hydrogen-bond acceptors (Lipinski definition) is 5. The fourth-order valence-electron chi connectivity index (χ4n) is 1.93. The zero-order valence-electron chi connectivity index (χ0n) is 14.2. The fourth-order valence-corrected chi connectivity index (χ4v) is 1.93. The molecule has 1 amide bonds. The SMILES string of the molecule is CC(C)C[C@H](N)C(=O)N(O)C(C(=O)OC(C)(C)C)C(C)C. The Balaban J connectivity index is 5.03. The number of hydrogen-bond donors (Lipinski definition) is 2. The molecule has 0 aliphatic rings. The third kappa shape index (κ3) is 6.91. The van der Waals surface area contributed by atoms with E-state index in [1.54, 1.807) is 34.6 Å². The molecule has 0 rings (SSSR count). The average Bonchev–Trinajstić information content (AvgIpc) is 2.23. The lowest BCUT2D eigenvalue weighted by Crippen LogP contribution is -2.53. The Bertz CT molecular complexity index is 361. The van der Waals surface area contributed by atoms with Gasteiger partial charge in [-0.2, -0.15) is 0 Å². The van der Waals surface area contributed by atoms with E-state index in [0.717, 1.165) is 0 Å². The van der Waals surface area contributed by atoms with Gasteiger partial charge in [-0.05, 0) is 39.0 Å². The molecule has 21 heavy (non-hydrogen) atoms. The van der Waals surface area contributed by atoms with Gasteiger partial charge in [0.25, 0.3) is 5.91 Å². The number of nitrogens with zero attached hydrogens (tertiary/aromatic N) is 1. The first kappa shape index (κ1) is 19.9. The van der Waals surface area contributed by atoms with E-state index < -0.39 is 29.6 Å². The highest BCUT2D eigenvalue weighted by molar-refractivity contribution is 5.86. The van der Waals surface area contributed by atoms with Crippen molar-refractivity contribution in [3.05, 3.63) is 0 Å². The van der Waals surface area contributed by atoms with Gasteiger partial charge in [0, 0.05) is 0 Å². The first-order chi connectivity index (χ1) is 9.36. The van der Waals surface area contributed by atoms with Crippen LogP contribution in [0.2, 0.25) is 0 Å². The Labute approximate surface area is 127 Å². The van der Waals surface area contributed by atoms with Crippen LogP contribution in [0, 0.1) is 11.8 Å². The van der Waals surface area contributed by atoms with Gasteiger partial charge in [0.15, 0.2) is 6.04 Å². The van der Waals surface area contributed by atoms with Crippen molar-refractivity contribution in [3.8, 4) is 0 Å². The predicted molar refractivity (Wildman–Crippen MR) is 80.5 cm³/mol. The van der Waals surface area contributed by atoms with Gasteiger partial charge in [-0.1, -0.05) is 27.7 Å². The predicted octanol–water partition coefficient (Wildman–Crippen LogP) is 1.94. The minimum atomic E-state index is -1.06. The molecule has 0 aliphatic heterocycles. The van der Waals surface area contributed by atoms with E-state index in [4.69, 9.17) is 10.5 Å². The summed E-state index contributed by atoms with van der Waals surface area (Å²) in [5.74, 6) is -1.37. The second-order valence-electron chi connectivity index (χ2n) is 7.14. The minimum absolute atomic E-state index is 0.219. The summed E-state index contributed by atoms with van der Waals surface area (Å²) in [5, 5.41) is 10.5. The molecule has 0 bridgehead atoms. The third-order valence-electron chi connectivity index (χ3n) is 2.81. The molecule has 3 N–H and O–H groups in total. The number of hydroxylamine groups is 2. The highest BCUT2D eigenvalue weighted by Gasteiger charge is 2.37. The van der Waals surface area contributed by atoms with Crippen LogP contribution in [0.25, 0.3) is 0 Å². The number of carbonyl (C=O) groups is 2. The van der Waals surface area contributed by atoms with Crippen molar-refractivity contribution in [2.24, 2.45) is 17.6 Å². The lowest BCUT2D eigenvalue weighted by molar-refractivity contribution is -0.199. The normalized spacial score (nSPS) is 15.0. The van der Waals surface area contributed by atoms with Crippen LogP contribution in [0.5, 0.6) is 0 Å². The lowest BCUT2D eigenvalue weighted by Gasteiger charge is -2.31. The van der Waals surface area contributed by atoms with E-state index in [2.05, 4.69) is 0 Å². The van der Waals surface area contributed by atoms with Gasteiger partial charge in [-0.3, -0.25) is 10.0 Å². The van der Waals surface area contributed by atoms with Gasteiger partial charge in [0.2, 0.25) is 0 Å². The monoisotopic (exact) mass is 302 g/mol. The molecule has 0 heterocycles. The summed E-state index contributed by atoms with van der Waals surface area (Å²) in [6.07, 6.45) is 0.440. The Hall–Kier alpha value is -1.14. The molecule has 1 unspecified atom stereocenters. The molecule has 0 saturated carbocycles. The van der Waals surface area contributed by atoms with Crippen molar-refractivity contribution >= 4 is 11.9 Å². The molecule has 0 radical (unpaired) electrons. The Morgan fingerprint density at radius 2 is 1.67 bits per heavy atom. The Kier molecular flexibility index (Phi) is 7.33. The van der Waals surface area contributed by atoms with Gasteiger partial charge in [0.05, 0.1) is 6.04 Å². The molecular formula is C15H30N2O4. The molecule has 0 aromatic heterocycles. The highest BCUT2D eigenvalue weighted by Crippen LogP contribution is 2.17. The van der Waals surface area contributed by atoms with Crippen LogP contribution >= 0.6 is 0 Å². The number of esters is 1. The van der Waals surface area contributed by atoms with Crippen molar-refractivity contribution in [1.29, 1.82) is 0 Å². The molecule has 0 saturated heterocycles. The molecular weight excluding hydrogens is 272 g/mol. The van der Waals surface area contributed by atoms with Gasteiger partial charge < -0.3 is 10.5 Å². The quantitative estimate of drug-likeness (QED) is 0.444. The smallest absolute Gasteiger partial charge is 0.332 e. The second kappa shape index (κ2) is 7.75. The van der Waals surface area contributed by atoms with E-state index in [1.807, 2.05) is 13.8 Å². The van der Waals surface area contributed by atoms with Crippen molar-refractivity contribution in [2.45, 2.75) is 72.6 Å². The van der Waals surface area contributed by atoms with Crippen LogP contribution in [0.1, 0.15) is 54.9 Å². The van der Waals surface area contributed by atoms with E-state index in [1.165, 1.54) is 0 Å². The van der Waals surface area contributed by atoms with Crippen LogP contribution in [0.3, 0.4) is 0 Å². The Morgan fingerprint density at radius 1 is 1.19 bits per heavy atom.